The van der Waals surface area contributed by atoms with E-state index in [-0.39, 0.29) is 17.4 Å². The molecule has 1 unspecified atom stereocenters. The van der Waals surface area contributed by atoms with Gasteiger partial charge < -0.3 is 10.1 Å². The van der Waals surface area contributed by atoms with Gasteiger partial charge in [-0.25, -0.2) is 4.68 Å². The number of methoxy groups -OCH3 is 1. The van der Waals surface area contributed by atoms with Crippen molar-refractivity contribution in [2.75, 3.05) is 7.11 Å². The molecule has 2 aromatic carbocycles. The van der Waals surface area contributed by atoms with Crippen LogP contribution in [0.3, 0.4) is 0 Å². The molecule has 10 heteroatoms. The van der Waals surface area contributed by atoms with E-state index in [4.69, 9.17) is 16.3 Å². The molecule has 1 heterocycles. The lowest BCUT2D eigenvalue weighted by Gasteiger charge is -2.26. The second kappa shape index (κ2) is 8.22. The molecule has 162 valence electrons. The zero-order valence-corrected chi connectivity index (χ0v) is 17.2. The molecule has 31 heavy (non-hydrogen) atoms. The molecule has 1 aliphatic rings. The Morgan fingerprint density at radius 3 is 2.84 bits per heavy atom. The summed E-state index contributed by atoms with van der Waals surface area (Å²) in [5, 5.41) is 10.1. The zero-order valence-electron chi connectivity index (χ0n) is 16.4. The molecule has 0 fully saturated rings. The molecule has 4 rings (SSSR count). The lowest BCUT2D eigenvalue weighted by atomic mass is 9.87. The van der Waals surface area contributed by atoms with Gasteiger partial charge in [0, 0.05) is 6.04 Å². The molecule has 1 amide bonds. The first-order valence-corrected chi connectivity index (χ1v) is 9.89. The Hall–Kier alpha value is -3.07. The van der Waals surface area contributed by atoms with Crippen molar-refractivity contribution in [1.82, 2.24) is 20.3 Å². The van der Waals surface area contributed by atoms with Crippen molar-refractivity contribution < 1.29 is 22.7 Å². The van der Waals surface area contributed by atoms with E-state index < -0.39 is 22.7 Å². The molecule has 1 atom stereocenters. The average molecular weight is 451 g/mol. The molecule has 0 saturated carbocycles. The summed E-state index contributed by atoms with van der Waals surface area (Å²) in [6.45, 7) is 0. The van der Waals surface area contributed by atoms with Crippen LogP contribution in [0.25, 0.3) is 5.69 Å². The second-order valence-electron chi connectivity index (χ2n) is 7.22. The van der Waals surface area contributed by atoms with Crippen LogP contribution in [0.4, 0.5) is 13.2 Å². The highest BCUT2D eigenvalue weighted by atomic mass is 35.5. The Labute approximate surface area is 181 Å². The van der Waals surface area contributed by atoms with Crippen LogP contribution in [0.2, 0.25) is 5.02 Å². The molecule has 0 spiro atoms. The maximum Gasteiger partial charge on any atom is 0.417 e. The van der Waals surface area contributed by atoms with Crippen LogP contribution in [0.15, 0.2) is 42.6 Å². The lowest BCUT2D eigenvalue weighted by molar-refractivity contribution is -0.137. The van der Waals surface area contributed by atoms with Crippen molar-refractivity contribution in [1.29, 1.82) is 0 Å². The molecule has 1 aromatic heterocycles. The second-order valence-corrected chi connectivity index (χ2v) is 7.63. The number of carbonyl (C=O) groups excluding carboxylic acids is 1. The summed E-state index contributed by atoms with van der Waals surface area (Å²) in [5.41, 5.74) is 1.38. The Bertz CT molecular complexity index is 1120. The van der Waals surface area contributed by atoms with Gasteiger partial charge >= 0.3 is 6.18 Å². The molecule has 0 bridgehead atoms. The summed E-state index contributed by atoms with van der Waals surface area (Å²) in [4.78, 5) is 12.6. The Kier molecular flexibility index (Phi) is 5.62. The van der Waals surface area contributed by atoms with Gasteiger partial charge in [-0.05, 0) is 54.7 Å². The van der Waals surface area contributed by atoms with E-state index in [0.717, 1.165) is 41.0 Å². The molecule has 0 aliphatic heterocycles. The number of nitrogens with zero attached hydrogens (tertiary/aromatic N) is 3. The number of alkyl halides is 3. The summed E-state index contributed by atoms with van der Waals surface area (Å²) >= 11 is 5.65. The minimum Gasteiger partial charge on any atom is -0.496 e. The van der Waals surface area contributed by atoms with Crippen molar-refractivity contribution in [2.24, 2.45) is 0 Å². The normalized spacial score (nSPS) is 16.0. The van der Waals surface area contributed by atoms with E-state index in [1.54, 1.807) is 7.11 Å². The number of ether oxygens (including phenoxy) is 1. The number of rotatable bonds is 4. The fraction of sp³-hybridized carbons (Fsp3) is 0.286. The van der Waals surface area contributed by atoms with Gasteiger partial charge in [-0.3, -0.25) is 4.79 Å². The number of nitrogens with one attached hydrogen (secondary N) is 1. The van der Waals surface area contributed by atoms with Crippen molar-refractivity contribution in [3.8, 4) is 11.4 Å². The maximum atomic E-state index is 13.1. The van der Waals surface area contributed by atoms with Crippen LogP contribution in [-0.4, -0.2) is 34.1 Å². The maximum absolute atomic E-state index is 13.1. The number of hydrogen-bond donors (Lipinski definition) is 1. The molecule has 1 aliphatic carbocycles. The van der Waals surface area contributed by atoms with Crippen molar-refractivity contribution in [2.45, 2.75) is 31.5 Å². The van der Waals surface area contributed by atoms with E-state index >= 15 is 0 Å². The van der Waals surface area contributed by atoms with Crippen molar-refractivity contribution in [3.63, 3.8) is 0 Å². The minimum absolute atomic E-state index is 0.00864. The van der Waals surface area contributed by atoms with E-state index in [1.807, 2.05) is 18.2 Å². The van der Waals surface area contributed by atoms with Crippen LogP contribution in [0, 0.1) is 0 Å². The van der Waals surface area contributed by atoms with Crippen LogP contribution >= 0.6 is 11.6 Å². The van der Waals surface area contributed by atoms with E-state index in [1.165, 1.54) is 17.8 Å². The van der Waals surface area contributed by atoms with Crippen molar-refractivity contribution in [3.05, 3.63) is 70.0 Å². The summed E-state index contributed by atoms with van der Waals surface area (Å²) in [7, 11) is 1.61. The van der Waals surface area contributed by atoms with Crippen LogP contribution in [0.1, 0.15) is 33.6 Å². The summed E-state index contributed by atoms with van der Waals surface area (Å²) in [5.74, 6) is 0.338. The van der Waals surface area contributed by atoms with Crippen LogP contribution in [-0.2, 0) is 19.0 Å². The molecule has 0 radical (unpaired) electrons. The molecular weight excluding hydrogens is 433 g/mol. The highest BCUT2D eigenvalue weighted by Gasteiger charge is 2.33. The number of amides is 1. The molecular formula is C21H18ClF3N4O2. The van der Waals surface area contributed by atoms with Gasteiger partial charge in [-0.15, -0.1) is 5.10 Å². The highest BCUT2D eigenvalue weighted by molar-refractivity contribution is 6.31. The number of hydrogen-bond acceptors (Lipinski definition) is 4. The SMILES string of the molecule is COc1cccc2c1CC(NC(=O)c1cn(-c3ccc(Cl)c(C(F)(F)F)c3)nn1)CC2. The number of fused-ring (bicyclic) bond motifs is 1. The Morgan fingerprint density at radius 1 is 1.29 bits per heavy atom. The number of benzene rings is 2. The minimum atomic E-state index is -4.60. The monoisotopic (exact) mass is 450 g/mol. The fourth-order valence-electron chi connectivity index (χ4n) is 3.70. The van der Waals surface area contributed by atoms with Gasteiger partial charge in [-0.2, -0.15) is 13.2 Å². The van der Waals surface area contributed by atoms with Crippen LogP contribution in [0.5, 0.6) is 5.75 Å². The standard InChI is InChI=1S/C21H18ClF3N4O2/c1-31-19-4-2-3-12-5-6-13(9-15(12)19)26-20(30)18-11-29(28-27-18)14-7-8-17(22)16(10-14)21(23,24)25/h2-4,7-8,10-11,13H,5-6,9H2,1H3,(H,26,30). The predicted molar refractivity (Wildman–Crippen MR) is 108 cm³/mol. The smallest absolute Gasteiger partial charge is 0.417 e. The fourth-order valence-corrected chi connectivity index (χ4v) is 3.92. The summed E-state index contributed by atoms with van der Waals surface area (Å²) < 4.78 is 45.8. The number of aryl methyl sites for hydroxylation is 1. The first kappa shape index (κ1) is 21.2. The average Bonchev–Trinajstić information content (AvgIpc) is 3.23. The van der Waals surface area contributed by atoms with E-state index in [9.17, 15) is 18.0 Å². The molecule has 1 N–H and O–H groups in total. The van der Waals surface area contributed by atoms with Gasteiger partial charge in [0.2, 0.25) is 0 Å². The third-order valence-electron chi connectivity index (χ3n) is 5.24. The number of halogens is 4. The topological polar surface area (TPSA) is 69.0 Å². The Morgan fingerprint density at radius 2 is 2.10 bits per heavy atom. The zero-order chi connectivity index (χ0) is 22.2. The van der Waals surface area contributed by atoms with Crippen molar-refractivity contribution >= 4 is 17.5 Å². The van der Waals surface area contributed by atoms with Crippen LogP contribution < -0.4 is 10.1 Å². The first-order valence-electron chi connectivity index (χ1n) is 9.51. The Balaban J connectivity index is 1.50. The van der Waals surface area contributed by atoms with E-state index in [0.29, 0.717) is 6.42 Å². The first-order chi connectivity index (χ1) is 14.8. The molecule has 3 aromatic rings. The van der Waals surface area contributed by atoms with E-state index in [2.05, 4.69) is 15.6 Å². The molecule has 0 saturated heterocycles. The summed E-state index contributed by atoms with van der Waals surface area (Å²) in [6.07, 6.45) is -1.14. The van der Waals surface area contributed by atoms with Gasteiger partial charge in [0.15, 0.2) is 5.69 Å². The van der Waals surface area contributed by atoms with Gasteiger partial charge in [0.25, 0.3) is 5.91 Å². The predicted octanol–water partition coefficient (Wildman–Crippen LogP) is 4.24. The lowest BCUT2D eigenvalue weighted by Crippen LogP contribution is -2.39. The quantitative estimate of drug-likeness (QED) is 0.645. The number of aromatic nitrogens is 3. The largest absolute Gasteiger partial charge is 0.496 e. The highest BCUT2D eigenvalue weighted by Crippen LogP contribution is 2.35. The molecule has 6 nitrogen and oxygen atoms in total. The number of carbonyl (C=O) groups is 1. The third kappa shape index (κ3) is 4.36. The summed E-state index contributed by atoms with van der Waals surface area (Å²) in [6, 6.07) is 9.12. The van der Waals surface area contributed by atoms with Gasteiger partial charge in [0.05, 0.1) is 29.6 Å². The van der Waals surface area contributed by atoms with Gasteiger partial charge in [-0.1, -0.05) is 28.9 Å². The van der Waals surface area contributed by atoms with Gasteiger partial charge in [0.1, 0.15) is 5.75 Å². The third-order valence-corrected chi connectivity index (χ3v) is 5.57.